The summed E-state index contributed by atoms with van der Waals surface area (Å²) in [4.78, 5) is 14.8. The van der Waals surface area contributed by atoms with Gasteiger partial charge in [-0.15, -0.1) is 0 Å². The highest BCUT2D eigenvalue weighted by Crippen LogP contribution is 2.38. The van der Waals surface area contributed by atoms with E-state index in [1.807, 2.05) is 36.1 Å². The third-order valence-electron chi connectivity index (χ3n) is 4.52. The predicted molar refractivity (Wildman–Crippen MR) is 83.6 cm³/mol. The first-order chi connectivity index (χ1) is 9.60. The van der Waals surface area contributed by atoms with Gasteiger partial charge >= 0.3 is 0 Å². The minimum Gasteiger partial charge on any atom is -0.326 e. The van der Waals surface area contributed by atoms with E-state index >= 15 is 0 Å². The van der Waals surface area contributed by atoms with E-state index in [4.69, 9.17) is 5.73 Å². The highest BCUT2D eigenvalue weighted by Gasteiger charge is 2.37. The first-order valence-electron chi connectivity index (χ1n) is 7.71. The average Bonchev–Trinajstić information content (AvgIpc) is 2.49. The molecule has 1 fully saturated rings. The largest absolute Gasteiger partial charge is 0.326 e. The Bertz CT molecular complexity index is 447. The van der Waals surface area contributed by atoms with Crippen molar-refractivity contribution in [3.8, 4) is 0 Å². The van der Waals surface area contributed by atoms with Gasteiger partial charge in [0, 0.05) is 24.2 Å². The van der Waals surface area contributed by atoms with Crippen molar-refractivity contribution >= 4 is 11.6 Å². The Kier molecular flexibility index (Phi) is 4.81. The molecule has 2 N–H and O–H groups in total. The standard InChI is InChI=1S/C17H26N2O/c1-3-19(15-9-7-14(13-18)8-10-15)16(20)17(2)11-5-4-6-12-17/h7-10H,3-6,11-13,18H2,1-2H3. The summed E-state index contributed by atoms with van der Waals surface area (Å²) in [7, 11) is 0. The van der Waals surface area contributed by atoms with Gasteiger partial charge in [0.05, 0.1) is 0 Å². The molecule has 2 rings (SSSR count). The van der Waals surface area contributed by atoms with Crippen LogP contribution in [0, 0.1) is 5.41 Å². The van der Waals surface area contributed by atoms with E-state index in [1.54, 1.807) is 0 Å². The van der Waals surface area contributed by atoms with Crippen LogP contribution in [-0.4, -0.2) is 12.5 Å². The van der Waals surface area contributed by atoms with E-state index in [0.29, 0.717) is 6.54 Å². The second-order valence-corrected chi connectivity index (χ2v) is 6.04. The Labute approximate surface area is 122 Å². The quantitative estimate of drug-likeness (QED) is 0.913. The topological polar surface area (TPSA) is 46.3 Å². The molecule has 0 radical (unpaired) electrons. The van der Waals surface area contributed by atoms with Gasteiger partial charge in [0.25, 0.3) is 0 Å². The molecule has 3 heteroatoms. The molecule has 0 saturated heterocycles. The van der Waals surface area contributed by atoms with Gasteiger partial charge in [0.15, 0.2) is 0 Å². The summed E-state index contributed by atoms with van der Waals surface area (Å²) in [5.41, 5.74) is 7.53. The average molecular weight is 274 g/mol. The van der Waals surface area contributed by atoms with Crippen molar-refractivity contribution in [2.75, 3.05) is 11.4 Å². The van der Waals surface area contributed by atoms with Crippen LogP contribution in [0.4, 0.5) is 5.69 Å². The lowest BCUT2D eigenvalue weighted by Crippen LogP contribution is -2.43. The maximum atomic E-state index is 12.9. The van der Waals surface area contributed by atoms with Gasteiger partial charge in [-0.25, -0.2) is 0 Å². The zero-order chi connectivity index (χ0) is 14.6. The molecule has 1 amide bonds. The molecule has 1 saturated carbocycles. The Morgan fingerprint density at radius 3 is 2.30 bits per heavy atom. The maximum absolute atomic E-state index is 12.9. The van der Waals surface area contributed by atoms with Gasteiger partial charge in [-0.1, -0.05) is 38.3 Å². The summed E-state index contributed by atoms with van der Waals surface area (Å²) < 4.78 is 0. The molecule has 1 aromatic rings. The number of benzene rings is 1. The Morgan fingerprint density at radius 1 is 1.20 bits per heavy atom. The first-order valence-corrected chi connectivity index (χ1v) is 7.71. The molecule has 110 valence electrons. The minimum atomic E-state index is -0.180. The Hall–Kier alpha value is -1.35. The number of nitrogens with two attached hydrogens (primary N) is 1. The molecule has 3 nitrogen and oxygen atoms in total. The number of nitrogens with zero attached hydrogens (tertiary/aromatic N) is 1. The third-order valence-corrected chi connectivity index (χ3v) is 4.52. The normalized spacial score (nSPS) is 17.8. The molecule has 0 heterocycles. The van der Waals surface area contributed by atoms with Crippen molar-refractivity contribution in [2.24, 2.45) is 11.1 Å². The fourth-order valence-electron chi connectivity index (χ4n) is 3.13. The van der Waals surface area contributed by atoms with E-state index in [2.05, 4.69) is 6.92 Å². The zero-order valence-corrected chi connectivity index (χ0v) is 12.7. The fourth-order valence-corrected chi connectivity index (χ4v) is 3.13. The number of carbonyl (C=O) groups excluding carboxylic acids is 1. The van der Waals surface area contributed by atoms with E-state index in [1.165, 1.54) is 19.3 Å². The third kappa shape index (κ3) is 3.04. The second kappa shape index (κ2) is 6.40. The SMILES string of the molecule is CCN(C(=O)C1(C)CCCCC1)c1ccc(CN)cc1. The van der Waals surface area contributed by atoms with Crippen molar-refractivity contribution in [3.63, 3.8) is 0 Å². The maximum Gasteiger partial charge on any atom is 0.232 e. The molecule has 0 bridgehead atoms. The molecular weight excluding hydrogens is 248 g/mol. The number of anilines is 1. The van der Waals surface area contributed by atoms with Crippen molar-refractivity contribution in [1.29, 1.82) is 0 Å². The molecule has 0 aliphatic heterocycles. The van der Waals surface area contributed by atoms with E-state index in [9.17, 15) is 4.79 Å². The van der Waals surface area contributed by atoms with Gasteiger partial charge in [0.2, 0.25) is 5.91 Å². The van der Waals surface area contributed by atoms with Crippen LogP contribution in [-0.2, 0) is 11.3 Å². The van der Waals surface area contributed by atoms with Gasteiger partial charge in [-0.3, -0.25) is 4.79 Å². The van der Waals surface area contributed by atoms with Crippen LogP contribution < -0.4 is 10.6 Å². The van der Waals surface area contributed by atoms with Gasteiger partial charge in [-0.05, 0) is 37.5 Å². The van der Waals surface area contributed by atoms with Crippen LogP contribution >= 0.6 is 0 Å². The van der Waals surface area contributed by atoms with Crippen molar-refractivity contribution < 1.29 is 4.79 Å². The Balaban J connectivity index is 2.19. The van der Waals surface area contributed by atoms with Crippen molar-refractivity contribution in [1.82, 2.24) is 0 Å². The summed E-state index contributed by atoms with van der Waals surface area (Å²) in [6, 6.07) is 8.04. The number of hydrogen-bond acceptors (Lipinski definition) is 2. The summed E-state index contributed by atoms with van der Waals surface area (Å²) in [5.74, 6) is 0.278. The molecule has 0 unspecified atom stereocenters. The molecule has 1 aliphatic rings. The number of carbonyl (C=O) groups is 1. The molecule has 0 aromatic heterocycles. The highest BCUT2D eigenvalue weighted by molar-refractivity contribution is 5.97. The van der Waals surface area contributed by atoms with Gasteiger partial charge in [0.1, 0.15) is 0 Å². The number of amides is 1. The lowest BCUT2D eigenvalue weighted by molar-refractivity contribution is -0.129. The monoisotopic (exact) mass is 274 g/mol. The lowest BCUT2D eigenvalue weighted by Gasteiger charge is -2.36. The van der Waals surface area contributed by atoms with Crippen LogP contribution in [0.3, 0.4) is 0 Å². The van der Waals surface area contributed by atoms with Crippen LogP contribution in [0.25, 0.3) is 0 Å². The van der Waals surface area contributed by atoms with Gasteiger partial charge < -0.3 is 10.6 Å². The van der Waals surface area contributed by atoms with E-state index < -0.39 is 0 Å². The molecule has 1 aliphatic carbocycles. The van der Waals surface area contributed by atoms with Gasteiger partial charge in [-0.2, -0.15) is 0 Å². The van der Waals surface area contributed by atoms with Crippen molar-refractivity contribution in [2.45, 2.75) is 52.5 Å². The minimum absolute atomic E-state index is 0.180. The molecule has 0 atom stereocenters. The van der Waals surface area contributed by atoms with Crippen LogP contribution in [0.1, 0.15) is 51.5 Å². The summed E-state index contributed by atoms with van der Waals surface area (Å²) in [6.45, 7) is 5.43. The van der Waals surface area contributed by atoms with Crippen molar-refractivity contribution in [3.05, 3.63) is 29.8 Å². The second-order valence-electron chi connectivity index (χ2n) is 6.04. The van der Waals surface area contributed by atoms with Crippen LogP contribution in [0.2, 0.25) is 0 Å². The molecule has 0 spiro atoms. The lowest BCUT2D eigenvalue weighted by atomic mass is 9.74. The predicted octanol–water partition coefficient (Wildman–Crippen LogP) is 3.47. The van der Waals surface area contributed by atoms with Crippen LogP contribution in [0.15, 0.2) is 24.3 Å². The molecule has 20 heavy (non-hydrogen) atoms. The summed E-state index contributed by atoms with van der Waals surface area (Å²) >= 11 is 0. The first kappa shape index (κ1) is 15.0. The fraction of sp³-hybridized carbons (Fsp3) is 0.588. The zero-order valence-electron chi connectivity index (χ0n) is 12.7. The summed E-state index contributed by atoms with van der Waals surface area (Å²) in [6.07, 6.45) is 5.64. The smallest absolute Gasteiger partial charge is 0.232 e. The van der Waals surface area contributed by atoms with E-state index in [-0.39, 0.29) is 11.3 Å². The number of hydrogen-bond donors (Lipinski definition) is 1. The highest BCUT2D eigenvalue weighted by atomic mass is 16.2. The molecule has 1 aromatic carbocycles. The van der Waals surface area contributed by atoms with Crippen LogP contribution in [0.5, 0.6) is 0 Å². The number of rotatable bonds is 4. The summed E-state index contributed by atoms with van der Waals surface area (Å²) in [5, 5.41) is 0. The van der Waals surface area contributed by atoms with E-state index in [0.717, 1.165) is 30.6 Å². The Morgan fingerprint density at radius 2 is 1.80 bits per heavy atom. The molecular formula is C17H26N2O.